The van der Waals surface area contributed by atoms with Crippen LogP contribution in [0.25, 0.3) is 0 Å². The van der Waals surface area contributed by atoms with E-state index in [4.69, 9.17) is 9.47 Å². The van der Waals surface area contributed by atoms with E-state index in [2.05, 4.69) is 0 Å². The second-order valence-electron chi connectivity index (χ2n) is 3.60. The van der Waals surface area contributed by atoms with Gasteiger partial charge in [0.1, 0.15) is 6.10 Å². The maximum absolute atomic E-state index is 11.5. The van der Waals surface area contributed by atoms with Crippen LogP contribution in [0.1, 0.15) is 22.8 Å². The first kappa shape index (κ1) is 9.83. The third-order valence-electron chi connectivity index (χ3n) is 2.44. The van der Waals surface area contributed by atoms with Crippen LogP contribution in [-0.4, -0.2) is 24.3 Å². The van der Waals surface area contributed by atoms with E-state index in [1.807, 2.05) is 6.92 Å². The van der Waals surface area contributed by atoms with Crippen molar-refractivity contribution in [2.75, 3.05) is 7.11 Å². The number of carbonyl (C=O) groups is 1. The van der Waals surface area contributed by atoms with Crippen molar-refractivity contribution in [1.29, 1.82) is 0 Å². The second kappa shape index (κ2) is 3.46. The lowest BCUT2D eigenvalue weighted by Gasteiger charge is -2.22. The molecule has 0 fully saturated rings. The topological polar surface area (TPSA) is 55.8 Å². The molecule has 4 heteroatoms. The fraction of sp³-hybridized carbons (Fsp3) is 0.364. The average Bonchev–Trinajstić information content (AvgIpc) is 2.16. The summed E-state index contributed by atoms with van der Waals surface area (Å²) in [4.78, 5) is 11.5. The number of rotatable bonds is 1. The summed E-state index contributed by atoms with van der Waals surface area (Å²) in [6, 6.07) is 3.07. The molecule has 0 spiro atoms. The Morgan fingerprint density at radius 1 is 1.53 bits per heavy atom. The van der Waals surface area contributed by atoms with Gasteiger partial charge >= 0.3 is 5.97 Å². The number of fused-ring (bicyclic) bond motifs is 1. The Bertz CT molecular complexity index is 411. The zero-order valence-electron chi connectivity index (χ0n) is 8.61. The molecule has 0 unspecified atom stereocenters. The van der Waals surface area contributed by atoms with Crippen molar-refractivity contribution in [2.24, 2.45) is 0 Å². The van der Waals surface area contributed by atoms with Gasteiger partial charge in [0.2, 0.25) is 0 Å². The molecule has 0 amide bonds. The SMILES string of the molecule is COc1cc2c(cc1O)C[C@@H](C)OC2=O. The van der Waals surface area contributed by atoms with Gasteiger partial charge in [-0.15, -0.1) is 0 Å². The van der Waals surface area contributed by atoms with E-state index in [0.29, 0.717) is 17.7 Å². The highest BCUT2D eigenvalue weighted by Crippen LogP contribution is 2.32. The zero-order chi connectivity index (χ0) is 11.0. The monoisotopic (exact) mass is 208 g/mol. The zero-order valence-corrected chi connectivity index (χ0v) is 8.61. The van der Waals surface area contributed by atoms with Gasteiger partial charge in [0.25, 0.3) is 0 Å². The number of methoxy groups -OCH3 is 1. The van der Waals surface area contributed by atoms with Gasteiger partial charge in [-0.1, -0.05) is 0 Å². The maximum atomic E-state index is 11.5. The lowest BCUT2D eigenvalue weighted by atomic mass is 9.98. The van der Waals surface area contributed by atoms with E-state index in [1.165, 1.54) is 13.2 Å². The van der Waals surface area contributed by atoms with Gasteiger partial charge in [0, 0.05) is 6.42 Å². The Labute approximate surface area is 87.4 Å². The largest absolute Gasteiger partial charge is 0.504 e. The van der Waals surface area contributed by atoms with Crippen molar-refractivity contribution in [3.63, 3.8) is 0 Å². The molecule has 15 heavy (non-hydrogen) atoms. The average molecular weight is 208 g/mol. The fourth-order valence-electron chi connectivity index (χ4n) is 1.73. The summed E-state index contributed by atoms with van der Waals surface area (Å²) in [5, 5.41) is 9.56. The molecule has 1 aromatic carbocycles. The minimum Gasteiger partial charge on any atom is -0.504 e. The number of cyclic esters (lactones) is 1. The van der Waals surface area contributed by atoms with Crippen LogP contribution >= 0.6 is 0 Å². The first-order chi connectivity index (χ1) is 7.11. The van der Waals surface area contributed by atoms with Crippen LogP contribution in [0, 0.1) is 0 Å². The van der Waals surface area contributed by atoms with Crippen LogP contribution in [0.2, 0.25) is 0 Å². The van der Waals surface area contributed by atoms with Gasteiger partial charge in [-0.2, -0.15) is 0 Å². The molecule has 1 atom stereocenters. The number of hydrogen-bond acceptors (Lipinski definition) is 4. The summed E-state index contributed by atoms with van der Waals surface area (Å²) in [6.45, 7) is 1.82. The Kier molecular flexibility index (Phi) is 2.26. The lowest BCUT2D eigenvalue weighted by Crippen LogP contribution is -2.25. The Hall–Kier alpha value is -1.71. The molecule has 1 N–H and O–H groups in total. The molecular formula is C11H12O4. The highest BCUT2D eigenvalue weighted by atomic mass is 16.5. The molecule has 1 aliphatic heterocycles. The van der Waals surface area contributed by atoms with Gasteiger partial charge in [-0.3, -0.25) is 0 Å². The Balaban J connectivity index is 2.52. The van der Waals surface area contributed by atoms with Crippen LogP contribution in [0.5, 0.6) is 11.5 Å². The Morgan fingerprint density at radius 2 is 2.27 bits per heavy atom. The molecule has 0 saturated carbocycles. The smallest absolute Gasteiger partial charge is 0.338 e. The van der Waals surface area contributed by atoms with Crippen molar-refractivity contribution in [3.05, 3.63) is 23.3 Å². The highest BCUT2D eigenvalue weighted by molar-refractivity contribution is 5.93. The summed E-state index contributed by atoms with van der Waals surface area (Å²) < 4.78 is 10.0. The molecule has 0 aromatic heterocycles. The molecule has 1 heterocycles. The van der Waals surface area contributed by atoms with E-state index in [1.54, 1.807) is 6.07 Å². The van der Waals surface area contributed by atoms with Crippen LogP contribution in [0.4, 0.5) is 0 Å². The Morgan fingerprint density at radius 3 is 2.93 bits per heavy atom. The first-order valence-electron chi connectivity index (χ1n) is 4.72. The maximum Gasteiger partial charge on any atom is 0.338 e. The summed E-state index contributed by atoms with van der Waals surface area (Å²) >= 11 is 0. The lowest BCUT2D eigenvalue weighted by molar-refractivity contribution is 0.0300. The normalized spacial score (nSPS) is 19.3. The molecule has 4 nitrogen and oxygen atoms in total. The number of phenolic OH excluding ortho intramolecular Hbond substituents is 1. The van der Waals surface area contributed by atoms with Crippen molar-refractivity contribution in [1.82, 2.24) is 0 Å². The van der Waals surface area contributed by atoms with Crippen LogP contribution in [-0.2, 0) is 11.2 Å². The number of esters is 1. The third kappa shape index (κ3) is 1.63. The highest BCUT2D eigenvalue weighted by Gasteiger charge is 2.25. The van der Waals surface area contributed by atoms with Crippen molar-refractivity contribution in [2.45, 2.75) is 19.4 Å². The predicted octanol–water partition coefficient (Wildman–Crippen LogP) is 1.50. The minimum absolute atomic E-state index is 0.0538. The number of benzene rings is 1. The van der Waals surface area contributed by atoms with E-state index < -0.39 is 0 Å². The van der Waals surface area contributed by atoms with Crippen LogP contribution < -0.4 is 4.74 Å². The number of aromatic hydroxyl groups is 1. The fourth-order valence-corrected chi connectivity index (χ4v) is 1.73. The molecule has 1 aromatic rings. The van der Waals surface area contributed by atoms with Gasteiger partial charge in [0.15, 0.2) is 11.5 Å². The van der Waals surface area contributed by atoms with Gasteiger partial charge in [-0.05, 0) is 24.6 Å². The molecule has 2 rings (SSSR count). The van der Waals surface area contributed by atoms with Gasteiger partial charge in [-0.25, -0.2) is 4.79 Å². The number of carbonyl (C=O) groups excluding carboxylic acids is 1. The number of ether oxygens (including phenoxy) is 2. The standard InChI is InChI=1S/C11H12O4/c1-6-3-7-4-9(12)10(14-2)5-8(7)11(13)15-6/h4-6,12H,3H2,1-2H3/t6-/m1/s1. The second-order valence-corrected chi connectivity index (χ2v) is 3.60. The van der Waals surface area contributed by atoms with Gasteiger partial charge < -0.3 is 14.6 Å². The molecule has 0 bridgehead atoms. The van der Waals surface area contributed by atoms with Crippen LogP contribution in [0.15, 0.2) is 12.1 Å². The molecule has 0 aliphatic carbocycles. The van der Waals surface area contributed by atoms with Crippen molar-refractivity contribution in [3.8, 4) is 11.5 Å². The molecular weight excluding hydrogens is 196 g/mol. The molecule has 0 saturated heterocycles. The molecule has 1 aliphatic rings. The van der Waals surface area contributed by atoms with Gasteiger partial charge in [0.05, 0.1) is 12.7 Å². The van der Waals surface area contributed by atoms with E-state index in [0.717, 1.165) is 5.56 Å². The van der Waals surface area contributed by atoms with Crippen molar-refractivity contribution >= 4 is 5.97 Å². The summed E-state index contributed by atoms with van der Waals surface area (Å²) in [5.74, 6) is -0.0135. The molecule has 0 radical (unpaired) electrons. The minimum atomic E-state index is -0.359. The first-order valence-corrected chi connectivity index (χ1v) is 4.72. The summed E-state index contributed by atoms with van der Waals surface area (Å²) in [5.41, 5.74) is 1.28. The number of hydrogen-bond donors (Lipinski definition) is 1. The summed E-state index contributed by atoms with van der Waals surface area (Å²) in [6.07, 6.45) is 0.483. The van der Waals surface area contributed by atoms with Crippen LogP contribution in [0.3, 0.4) is 0 Å². The quantitative estimate of drug-likeness (QED) is 0.710. The third-order valence-corrected chi connectivity index (χ3v) is 2.44. The predicted molar refractivity (Wildman–Crippen MR) is 53.2 cm³/mol. The van der Waals surface area contributed by atoms with E-state index in [-0.39, 0.29) is 17.8 Å². The van der Waals surface area contributed by atoms with Crippen molar-refractivity contribution < 1.29 is 19.4 Å². The van der Waals surface area contributed by atoms with E-state index >= 15 is 0 Å². The summed E-state index contributed by atoms with van der Waals surface area (Å²) in [7, 11) is 1.44. The number of phenols is 1. The molecule has 80 valence electrons. The van der Waals surface area contributed by atoms with E-state index in [9.17, 15) is 9.90 Å².